The molecule has 2 amide bonds. The number of nitrogens with one attached hydrogen (secondary N) is 1. The molecule has 5 atom stereocenters. The number of halogens is 1. The highest BCUT2D eigenvalue weighted by atomic mass is 35.5. The van der Waals surface area contributed by atoms with Crippen LogP contribution in [-0.4, -0.2) is 76.6 Å². The second-order valence-electron chi connectivity index (χ2n) is 10.8. The van der Waals surface area contributed by atoms with E-state index < -0.39 is 35.6 Å². The molecule has 0 spiro atoms. The molecule has 0 bridgehead atoms. The predicted molar refractivity (Wildman–Crippen MR) is 151 cm³/mol. The van der Waals surface area contributed by atoms with Crippen molar-refractivity contribution in [3.63, 3.8) is 0 Å². The monoisotopic (exact) mass is 585 g/mol. The quantitative estimate of drug-likeness (QED) is 0.399. The number of nitrogens with two attached hydrogens (primary N) is 1. The first kappa shape index (κ1) is 29.1. The minimum absolute atomic E-state index is 0.0634. The van der Waals surface area contributed by atoms with Gasteiger partial charge in [0.15, 0.2) is 5.15 Å². The second-order valence-corrected chi connectivity index (χ2v) is 11.2. The lowest BCUT2D eigenvalue weighted by Gasteiger charge is -2.28. The van der Waals surface area contributed by atoms with Crippen LogP contribution in [0.5, 0.6) is 11.6 Å². The highest BCUT2D eigenvalue weighted by Crippen LogP contribution is 2.46. The van der Waals surface area contributed by atoms with Gasteiger partial charge in [-0.2, -0.15) is 0 Å². The lowest BCUT2D eigenvalue weighted by molar-refractivity contribution is -0.150. The average molecular weight is 586 g/mol. The number of allylic oxidation sites excluding steroid dienone is 1. The molecule has 2 aromatic rings. The van der Waals surface area contributed by atoms with Crippen molar-refractivity contribution in [1.29, 1.82) is 0 Å². The molecule has 2 aliphatic heterocycles. The van der Waals surface area contributed by atoms with Gasteiger partial charge in [-0.1, -0.05) is 36.6 Å². The van der Waals surface area contributed by atoms with E-state index in [0.717, 1.165) is 25.7 Å². The van der Waals surface area contributed by atoms with Crippen molar-refractivity contribution in [2.75, 3.05) is 20.3 Å². The molecule has 1 saturated heterocycles. The first-order valence-electron chi connectivity index (χ1n) is 14.2. The molecular formula is C29H36ClN5O6. The van der Waals surface area contributed by atoms with Gasteiger partial charge in [0, 0.05) is 18.4 Å². The highest BCUT2D eigenvalue weighted by Gasteiger charge is 2.62. The summed E-state index contributed by atoms with van der Waals surface area (Å²) in [5, 5.41) is 3.00. The lowest BCUT2D eigenvalue weighted by Crippen LogP contribution is -2.55. The maximum absolute atomic E-state index is 13.7. The Morgan fingerprint density at radius 3 is 2.83 bits per heavy atom. The van der Waals surface area contributed by atoms with Crippen molar-refractivity contribution in [3.05, 3.63) is 35.5 Å². The number of aromatic nitrogens is 2. The van der Waals surface area contributed by atoms with Crippen LogP contribution in [0.4, 0.5) is 0 Å². The van der Waals surface area contributed by atoms with Crippen molar-refractivity contribution in [1.82, 2.24) is 20.2 Å². The number of amides is 2. The number of methoxy groups -OCH3 is 1. The second kappa shape index (κ2) is 12.2. The summed E-state index contributed by atoms with van der Waals surface area (Å²) in [6.07, 6.45) is 8.08. The summed E-state index contributed by atoms with van der Waals surface area (Å²) in [7, 11) is 1.56. The number of ether oxygens (including phenoxy) is 3. The minimum Gasteiger partial charge on any atom is -0.497 e. The first-order valence-corrected chi connectivity index (χ1v) is 14.5. The Labute approximate surface area is 243 Å². The largest absolute Gasteiger partial charge is 0.497 e. The number of rotatable bonds is 5. The van der Waals surface area contributed by atoms with Crippen molar-refractivity contribution in [2.24, 2.45) is 11.7 Å². The van der Waals surface area contributed by atoms with Crippen LogP contribution in [0, 0.1) is 5.92 Å². The third-order valence-corrected chi connectivity index (χ3v) is 8.24. The van der Waals surface area contributed by atoms with E-state index in [1.807, 2.05) is 6.08 Å². The molecule has 220 valence electrons. The number of esters is 1. The van der Waals surface area contributed by atoms with Crippen molar-refractivity contribution in [2.45, 2.75) is 75.6 Å². The van der Waals surface area contributed by atoms with Crippen LogP contribution < -0.4 is 20.5 Å². The third-order valence-electron chi connectivity index (χ3n) is 8.00. The molecule has 1 aliphatic carbocycles. The number of nitrogens with zero attached hydrogens (tertiary/aromatic N) is 3. The summed E-state index contributed by atoms with van der Waals surface area (Å²) in [4.78, 5) is 50.6. The Balaban J connectivity index is 1.41. The van der Waals surface area contributed by atoms with Gasteiger partial charge in [-0.25, -0.2) is 14.8 Å². The molecule has 1 saturated carbocycles. The summed E-state index contributed by atoms with van der Waals surface area (Å²) in [6, 6.07) is 3.57. The fourth-order valence-electron chi connectivity index (χ4n) is 5.64. The first-order chi connectivity index (χ1) is 19.8. The fraction of sp³-hybridized carbons (Fsp3) is 0.552. The molecular weight excluding hydrogens is 550 g/mol. The van der Waals surface area contributed by atoms with Crippen LogP contribution in [0.2, 0.25) is 5.15 Å². The van der Waals surface area contributed by atoms with E-state index >= 15 is 0 Å². The van der Waals surface area contributed by atoms with Gasteiger partial charge in [0.2, 0.25) is 11.8 Å². The number of benzene rings is 1. The lowest BCUT2D eigenvalue weighted by atomic mass is 10.1. The highest BCUT2D eigenvalue weighted by molar-refractivity contribution is 6.31. The predicted octanol–water partition coefficient (Wildman–Crippen LogP) is 2.93. The van der Waals surface area contributed by atoms with Crippen molar-refractivity contribution in [3.8, 4) is 11.6 Å². The van der Waals surface area contributed by atoms with Gasteiger partial charge in [-0.05, 0) is 44.7 Å². The molecule has 1 aromatic carbocycles. The van der Waals surface area contributed by atoms with Crippen LogP contribution in [-0.2, 0) is 19.1 Å². The van der Waals surface area contributed by atoms with Gasteiger partial charge in [0.1, 0.15) is 23.4 Å². The van der Waals surface area contributed by atoms with Gasteiger partial charge in [0.25, 0.3) is 5.88 Å². The van der Waals surface area contributed by atoms with E-state index in [9.17, 15) is 14.4 Å². The van der Waals surface area contributed by atoms with Crippen LogP contribution in [0.1, 0.15) is 51.9 Å². The Morgan fingerprint density at radius 2 is 2.05 bits per heavy atom. The molecule has 3 N–H and O–H groups in total. The molecule has 3 aliphatic rings. The smallest absolute Gasteiger partial charge is 0.332 e. The number of hydrogen-bond donors (Lipinski definition) is 2. The molecule has 0 radical (unpaired) electrons. The van der Waals surface area contributed by atoms with Gasteiger partial charge in [-0.15, -0.1) is 0 Å². The summed E-state index contributed by atoms with van der Waals surface area (Å²) in [5.74, 6) is -0.724. The van der Waals surface area contributed by atoms with Crippen molar-refractivity contribution >= 4 is 40.4 Å². The van der Waals surface area contributed by atoms with E-state index in [-0.39, 0.29) is 42.4 Å². The number of hydrogen-bond acceptors (Lipinski definition) is 9. The minimum atomic E-state index is -1.15. The van der Waals surface area contributed by atoms with Gasteiger partial charge in [0.05, 0.1) is 37.3 Å². The van der Waals surface area contributed by atoms with Crippen molar-refractivity contribution < 1.29 is 28.6 Å². The van der Waals surface area contributed by atoms with Gasteiger partial charge >= 0.3 is 5.97 Å². The Bertz CT molecular complexity index is 1350. The maximum Gasteiger partial charge on any atom is 0.332 e. The van der Waals surface area contributed by atoms with E-state index in [1.54, 1.807) is 32.2 Å². The molecule has 5 rings (SSSR count). The summed E-state index contributed by atoms with van der Waals surface area (Å²) in [6.45, 7) is 2.04. The topological polar surface area (TPSA) is 146 Å². The summed E-state index contributed by atoms with van der Waals surface area (Å²) in [5.41, 5.74) is 6.26. The third kappa shape index (κ3) is 6.11. The maximum atomic E-state index is 13.7. The number of carbonyl (C=O) groups excluding carboxylic acids is 3. The van der Waals surface area contributed by atoms with E-state index in [1.165, 1.54) is 4.90 Å². The normalized spacial score (nSPS) is 29.4. The number of fused-ring (bicyclic) bond motifs is 3. The van der Waals surface area contributed by atoms with E-state index in [2.05, 4.69) is 21.4 Å². The van der Waals surface area contributed by atoms with E-state index in [0.29, 0.717) is 29.6 Å². The van der Waals surface area contributed by atoms with Crippen LogP contribution in [0.3, 0.4) is 0 Å². The SMILES string of the molecule is CCOC(=O)[C@@]12C[C@H]1/C=C\CCCCC[C@H](N)C(=O)N1C[C@H](Oc3nc4cc(OC)ccc4nc3Cl)C[C@H]1C(=O)N2. The zero-order valence-electron chi connectivity index (χ0n) is 23.3. The molecule has 41 heavy (non-hydrogen) atoms. The van der Waals surface area contributed by atoms with Gasteiger partial charge in [-0.3, -0.25) is 9.59 Å². The zero-order valence-corrected chi connectivity index (χ0v) is 24.1. The average Bonchev–Trinajstić information content (AvgIpc) is 3.49. The molecule has 3 heterocycles. The molecule has 11 nitrogen and oxygen atoms in total. The van der Waals surface area contributed by atoms with Gasteiger partial charge < -0.3 is 30.2 Å². The van der Waals surface area contributed by atoms with Crippen LogP contribution in [0.15, 0.2) is 30.4 Å². The molecule has 0 unspecified atom stereocenters. The Kier molecular flexibility index (Phi) is 8.65. The standard InChI is InChI=1S/C29H36ClN5O6/c1-3-40-28(38)29-15-17(29)9-7-5-4-6-8-10-20(31)27(37)35-16-19(14-23(35)25(36)34-29)41-26-24(30)32-21-12-11-18(39-2)13-22(21)33-26/h7,9,11-13,17,19-20,23H,3-6,8,10,14-16,31H2,1-2H3,(H,34,36)/b9-7-/t17-,19-,20+,23+,29-/m1/s1. The summed E-state index contributed by atoms with van der Waals surface area (Å²) >= 11 is 6.40. The summed E-state index contributed by atoms with van der Waals surface area (Å²) < 4.78 is 16.8. The van der Waals surface area contributed by atoms with Crippen LogP contribution >= 0.6 is 11.6 Å². The van der Waals surface area contributed by atoms with E-state index in [4.69, 9.17) is 31.5 Å². The number of carbonyl (C=O) groups is 3. The Morgan fingerprint density at radius 1 is 1.22 bits per heavy atom. The molecule has 2 fully saturated rings. The molecule has 1 aromatic heterocycles. The fourth-order valence-corrected chi connectivity index (χ4v) is 5.82. The molecule has 12 heteroatoms. The zero-order chi connectivity index (χ0) is 29.1. The Hall–Kier alpha value is -3.44. The van der Waals surface area contributed by atoms with Crippen LogP contribution in [0.25, 0.3) is 11.0 Å².